The molecule has 5 aliphatic rings. The van der Waals surface area contributed by atoms with Gasteiger partial charge in [0.2, 0.25) is 0 Å². The van der Waals surface area contributed by atoms with Gasteiger partial charge in [0.1, 0.15) is 0 Å². The van der Waals surface area contributed by atoms with Gasteiger partial charge in [-0.2, -0.15) is 0 Å². The highest BCUT2D eigenvalue weighted by Gasteiger charge is 2.49. The number of benzene rings is 4. The highest BCUT2D eigenvalue weighted by Crippen LogP contribution is 2.65. The van der Waals surface area contributed by atoms with E-state index in [2.05, 4.69) is 67.5 Å². The summed E-state index contributed by atoms with van der Waals surface area (Å²) in [6.45, 7) is 20.3. The molecule has 5 aliphatic carbocycles. The Balaban J connectivity index is 1.60. The Morgan fingerprint density at radius 3 is 1.73 bits per heavy atom. The van der Waals surface area contributed by atoms with Gasteiger partial charge >= 0.3 is 0 Å². The van der Waals surface area contributed by atoms with Crippen LogP contribution in [0.1, 0.15) is 124 Å². The van der Waals surface area contributed by atoms with E-state index < -0.39 is 0 Å². The standard InChI is InChI=1S/C37H40/c1-34(2)13-11-19-22(16-34)21-15-18-9-10-24-27-25(18)26(21)28-30-29(27)31(36(24,5)6)20-12-14-35(3,4)17-23(20)33(30)37(7,8)32(19)28/h9-10H,11-17H2,1-8H3. The summed E-state index contributed by atoms with van der Waals surface area (Å²) in [4.78, 5) is 0. The fourth-order valence-corrected chi connectivity index (χ4v) is 10.4. The first-order valence-corrected chi connectivity index (χ1v) is 14.9. The van der Waals surface area contributed by atoms with Crippen LogP contribution in [0.3, 0.4) is 0 Å². The maximum Gasteiger partial charge on any atom is 0.0164 e. The van der Waals surface area contributed by atoms with Gasteiger partial charge in [0.15, 0.2) is 0 Å². The second-order valence-electron chi connectivity index (χ2n) is 16.1. The molecule has 0 bridgehead atoms. The minimum Gasteiger partial charge on any atom is -0.0596 e. The van der Waals surface area contributed by atoms with Crippen LogP contribution in [0.5, 0.6) is 0 Å². The second-order valence-corrected chi connectivity index (χ2v) is 16.1. The van der Waals surface area contributed by atoms with Crippen molar-refractivity contribution in [2.45, 2.75) is 111 Å². The molecule has 0 saturated heterocycles. The second kappa shape index (κ2) is 5.80. The maximum atomic E-state index is 2.60. The Bertz CT molecular complexity index is 1830. The van der Waals surface area contributed by atoms with Gasteiger partial charge in [-0.05, 0) is 144 Å². The SMILES string of the molecule is CC1(C)CCc2c(c3c4c5c(ccc6c5c5c(c7c(c8c5c4c2C8(C)C)CC(C)(C)CC7)C6(C)C)C3)C1. The molecular weight excluding hydrogens is 444 g/mol. The van der Waals surface area contributed by atoms with Gasteiger partial charge in [-0.3, -0.25) is 0 Å². The molecule has 4 aromatic carbocycles. The van der Waals surface area contributed by atoms with Crippen LogP contribution >= 0.6 is 0 Å². The lowest BCUT2D eigenvalue weighted by atomic mass is 9.64. The number of hydrogen-bond donors (Lipinski definition) is 0. The molecular formula is C37H40. The lowest BCUT2D eigenvalue weighted by Gasteiger charge is -2.39. The summed E-state index contributed by atoms with van der Waals surface area (Å²) in [5.74, 6) is 0. The molecule has 0 heterocycles. The zero-order valence-corrected chi connectivity index (χ0v) is 24.1. The first-order chi connectivity index (χ1) is 17.3. The van der Waals surface area contributed by atoms with E-state index in [1.165, 1.54) is 38.5 Å². The predicted molar refractivity (Wildman–Crippen MR) is 158 cm³/mol. The Labute approximate surface area is 221 Å². The number of hydrogen-bond acceptors (Lipinski definition) is 0. The molecule has 0 saturated carbocycles. The quantitative estimate of drug-likeness (QED) is 0.192. The molecule has 37 heavy (non-hydrogen) atoms. The lowest BCUT2D eigenvalue weighted by molar-refractivity contribution is 0.310. The first-order valence-electron chi connectivity index (χ1n) is 14.9. The molecule has 9 rings (SSSR count). The van der Waals surface area contributed by atoms with Crippen molar-refractivity contribution in [2.24, 2.45) is 10.8 Å². The molecule has 0 aliphatic heterocycles. The fourth-order valence-electron chi connectivity index (χ4n) is 10.4. The Kier molecular flexibility index (Phi) is 3.38. The van der Waals surface area contributed by atoms with E-state index in [0.29, 0.717) is 10.8 Å². The van der Waals surface area contributed by atoms with Crippen molar-refractivity contribution in [3.63, 3.8) is 0 Å². The molecule has 0 aromatic heterocycles. The van der Waals surface area contributed by atoms with Crippen molar-refractivity contribution in [2.75, 3.05) is 0 Å². The van der Waals surface area contributed by atoms with E-state index in [-0.39, 0.29) is 10.8 Å². The molecule has 0 amide bonds. The van der Waals surface area contributed by atoms with E-state index in [1.807, 2.05) is 0 Å². The van der Waals surface area contributed by atoms with Crippen molar-refractivity contribution in [1.29, 1.82) is 0 Å². The Morgan fingerprint density at radius 2 is 1.03 bits per heavy atom. The normalized spacial score (nSPS) is 23.8. The van der Waals surface area contributed by atoms with Crippen LogP contribution in [-0.2, 0) is 42.9 Å². The topological polar surface area (TPSA) is 0 Å². The summed E-state index contributed by atoms with van der Waals surface area (Å²) in [6, 6.07) is 5.06. The van der Waals surface area contributed by atoms with Gasteiger partial charge < -0.3 is 0 Å². The average molecular weight is 485 g/mol. The van der Waals surface area contributed by atoms with E-state index >= 15 is 0 Å². The zero-order valence-electron chi connectivity index (χ0n) is 24.1. The van der Waals surface area contributed by atoms with E-state index in [4.69, 9.17) is 0 Å². The third kappa shape index (κ3) is 2.17. The first kappa shape index (κ1) is 21.6. The molecule has 0 unspecified atom stereocenters. The summed E-state index contributed by atoms with van der Waals surface area (Å²) in [6.07, 6.45) is 8.75. The van der Waals surface area contributed by atoms with E-state index in [1.54, 1.807) is 88.0 Å². The van der Waals surface area contributed by atoms with Gasteiger partial charge in [0, 0.05) is 10.8 Å². The van der Waals surface area contributed by atoms with Crippen molar-refractivity contribution in [3.05, 3.63) is 67.8 Å². The third-order valence-electron chi connectivity index (χ3n) is 11.9. The van der Waals surface area contributed by atoms with Gasteiger partial charge in [-0.25, -0.2) is 0 Å². The van der Waals surface area contributed by atoms with Crippen molar-refractivity contribution >= 4 is 32.3 Å². The molecule has 0 spiro atoms. The summed E-state index contributed by atoms with van der Waals surface area (Å²) in [7, 11) is 0. The molecule has 0 atom stereocenters. The van der Waals surface area contributed by atoms with Crippen molar-refractivity contribution in [1.82, 2.24) is 0 Å². The third-order valence-corrected chi connectivity index (χ3v) is 11.9. The number of rotatable bonds is 0. The lowest BCUT2D eigenvalue weighted by Crippen LogP contribution is -2.31. The summed E-state index contributed by atoms with van der Waals surface area (Å²) < 4.78 is 0. The Morgan fingerprint density at radius 1 is 0.486 bits per heavy atom. The molecule has 0 radical (unpaired) electrons. The van der Waals surface area contributed by atoms with Gasteiger partial charge in [0.25, 0.3) is 0 Å². The minimum absolute atomic E-state index is 0.0789. The Hall–Kier alpha value is -2.34. The molecule has 188 valence electrons. The van der Waals surface area contributed by atoms with Crippen LogP contribution in [0, 0.1) is 10.8 Å². The highest BCUT2D eigenvalue weighted by atomic mass is 14.5. The van der Waals surface area contributed by atoms with Crippen LogP contribution < -0.4 is 0 Å². The van der Waals surface area contributed by atoms with E-state index in [0.717, 1.165) is 6.42 Å². The summed E-state index contributed by atoms with van der Waals surface area (Å²) in [5.41, 5.74) is 18.0. The highest BCUT2D eigenvalue weighted by molar-refractivity contribution is 6.35. The summed E-state index contributed by atoms with van der Waals surface area (Å²) in [5, 5.41) is 10.0. The van der Waals surface area contributed by atoms with Crippen LogP contribution in [0.2, 0.25) is 0 Å². The van der Waals surface area contributed by atoms with Gasteiger partial charge in [-0.15, -0.1) is 0 Å². The zero-order chi connectivity index (χ0) is 25.6. The summed E-state index contributed by atoms with van der Waals surface area (Å²) >= 11 is 0. The average Bonchev–Trinajstić information content (AvgIpc) is 3.38. The predicted octanol–water partition coefficient (Wildman–Crippen LogP) is 9.36. The number of fused-ring (bicyclic) bond motifs is 6. The van der Waals surface area contributed by atoms with Crippen molar-refractivity contribution < 1.29 is 0 Å². The minimum atomic E-state index is 0.0789. The maximum absolute atomic E-state index is 2.60. The fraction of sp³-hybridized carbons (Fsp3) is 0.514. The van der Waals surface area contributed by atoms with Gasteiger partial charge in [0.05, 0.1) is 0 Å². The van der Waals surface area contributed by atoms with Crippen LogP contribution in [0.15, 0.2) is 12.1 Å². The molecule has 0 N–H and O–H groups in total. The molecule has 0 heteroatoms. The molecule has 0 nitrogen and oxygen atoms in total. The smallest absolute Gasteiger partial charge is 0.0164 e. The van der Waals surface area contributed by atoms with Crippen LogP contribution in [-0.4, -0.2) is 0 Å². The van der Waals surface area contributed by atoms with Crippen LogP contribution in [0.4, 0.5) is 0 Å². The monoisotopic (exact) mass is 484 g/mol. The molecule has 4 aromatic rings. The molecule has 0 fully saturated rings. The van der Waals surface area contributed by atoms with Crippen LogP contribution in [0.25, 0.3) is 32.3 Å². The van der Waals surface area contributed by atoms with Crippen molar-refractivity contribution in [3.8, 4) is 0 Å². The van der Waals surface area contributed by atoms with E-state index in [9.17, 15) is 0 Å². The van der Waals surface area contributed by atoms with Gasteiger partial charge in [-0.1, -0.05) is 67.5 Å². The largest absolute Gasteiger partial charge is 0.0596 e.